The van der Waals surface area contributed by atoms with Crippen LogP contribution >= 0.6 is 0 Å². The lowest BCUT2D eigenvalue weighted by molar-refractivity contribution is 0.0467. The molecule has 0 bridgehead atoms. The monoisotopic (exact) mass is 280 g/mol. The van der Waals surface area contributed by atoms with Crippen LogP contribution in [-0.2, 0) is 7.05 Å². The normalized spacial score (nSPS) is 18.3. The summed E-state index contributed by atoms with van der Waals surface area (Å²) in [6.45, 7) is 7.23. The van der Waals surface area contributed by atoms with E-state index in [9.17, 15) is 9.90 Å². The Kier molecular flexibility index (Phi) is 4.77. The van der Waals surface area contributed by atoms with Crippen molar-refractivity contribution in [3.8, 4) is 0 Å². The van der Waals surface area contributed by atoms with Crippen LogP contribution < -0.4 is 0 Å². The quantitative estimate of drug-likeness (QED) is 0.859. The molecule has 1 aliphatic rings. The lowest BCUT2D eigenvalue weighted by atomic mass is 10.1. The fourth-order valence-electron chi connectivity index (χ4n) is 2.62. The summed E-state index contributed by atoms with van der Waals surface area (Å²) in [6, 6.07) is 2.04. The number of hydrogen-bond donors (Lipinski definition) is 1. The second kappa shape index (κ2) is 6.37. The summed E-state index contributed by atoms with van der Waals surface area (Å²) in [6.07, 6.45) is 0.934. The van der Waals surface area contributed by atoms with E-state index in [1.54, 1.807) is 4.68 Å². The number of rotatable bonds is 4. The molecule has 1 atom stereocenters. The van der Waals surface area contributed by atoms with E-state index in [0.717, 1.165) is 25.2 Å². The third-order valence-corrected chi connectivity index (χ3v) is 4.13. The molecule has 0 radical (unpaired) electrons. The number of piperazine rings is 1. The topological polar surface area (TPSA) is 61.6 Å². The molecule has 6 nitrogen and oxygen atoms in total. The minimum atomic E-state index is 0.00500. The van der Waals surface area contributed by atoms with Crippen molar-refractivity contribution in [2.24, 2.45) is 7.05 Å². The number of carbonyl (C=O) groups excluding carboxylic acids is 1. The van der Waals surface area contributed by atoms with Gasteiger partial charge < -0.3 is 10.0 Å². The predicted molar refractivity (Wildman–Crippen MR) is 76.6 cm³/mol. The fourth-order valence-corrected chi connectivity index (χ4v) is 2.62. The van der Waals surface area contributed by atoms with Crippen molar-refractivity contribution in [2.45, 2.75) is 26.3 Å². The molecule has 0 aliphatic carbocycles. The summed E-state index contributed by atoms with van der Waals surface area (Å²) >= 11 is 0. The van der Waals surface area contributed by atoms with Crippen LogP contribution in [0, 0.1) is 6.92 Å². The molecule has 2 heterocycles. The molecule has 0 saturated carbocycles. The van der Waals surface area contributed by atoms with Crippen molar-refractivity contribution in [3.63, 3.8) is 0 Å². The van der Waals surface area contributed by atoms with Crippen molar-refractivity contribution in [1.82, 2.24) is 19.6 Å². The second-order valence-corrected chi connectivity index (χ2v) is 5.37. The smallest absolute Gasteiger partial charge is 0.274 e. The van der Waals surface area contributed by atoms with Gasteiger partial charge in [-0.25, -0.2) is 0 Å². The van der Waals surface area contributed by atoms with Crippen LogP contribution in [0.1, 0.15) is 29.5 Å². The third-order valence-electron chi connectivity index (χ3n) is 4.13. The summed E-state index contributed by atoms with van der Waals surface area (Å²) in [5.41, 5.74) is 1.51. The molecule has 0 aromatic carbocycles. The largest absolute Gasteiger partial charge is 0.395 e. The van der Waals surface area contributed by atoms with Gasteiger partial charge in [-0.15, -0.1) is 0 Å². The lowest BCUT2D eigenvalue weighted by Crippen LogP contribution is -2.52. The average Bonchev–Trinajstić information content (AvgIpc) is 2.80. The number of amides is 1. The number of aliphatic hydroxyl groups is 1. The lowest BCUT2D eigenvalue weighted by Gasteiger charge is -2.38. The molecule has 0 spiro atoms. The zero-order chi connectivity index (χ0) is 14.7. The van der Waals surface area contributed by atoms with Crippen molar-refractivity contribution in [3.05, 3.63) is 17.5 Å². The summed E-state index contributed by atoms with van der Waals surface area (Å²) in [5.74, 6) is 0.00500. The Morgan fingerprint density at radius 2 is 2.05 bits per heavy atom. The minimum Gasteiger partial charge on any atom is -0.395 e. The number of carbonyl (C=O) groups is 1. The molecule has 1 aromatic heterocycles. The Labute approximate surface area is 120 Å². The number of aliphatic hydroxyl groups excluding tert-OH is 1. The van der Waals surface area contributed by atoms with E-state index in [1.807, 2.05) is 24.9 Å². The van der Waals surface area contributed by atoms with Crippen molar-refractivity contribution in [2.75, 3.05) is 32.8 Å². The van der Waals surface area contributed by atoms with Gasteiger partial charge in [0, 0.05) is 45.0 Å². The highest BCUT2D eigenvalue weighted by atomic mass is 16.3. The van der Waals surface area contributed by atoms with Gasteiger partial charge in [0.25, 0.3) is 5.91 Å². The van der Waals surface area contributed by atoms with E-state index in [1.165, 1.54) is 0 Å². The maximum absolute atomic E-state index is 12.4. The van der Waals surface area contributed by atoms with Crippen LogP contribution in [-0.4, -0.2) is 69.4 Å². The molecule has 2 rings (SSSR count). The predicted octanol–water partition coefficient (Wildman–Crippen LogP) is 0.257. The Morgan fingerprint density at radius 1 is 1.40 bits per heavy atom. The Hall–Kier alpha value is -1.40. The highest BCUT2D eigenvalue weighted by Crippen LogP contribution is 2.12. The summed E-state index contributed by atoms with van der Waals surface area (Å²) < 4.78 is 1.72. The molecule has 1 aromatic rings. The summed E-state index contributed by atoms with van der Waals surface area (Å²) in [4.78, 5) is 16.5. The van der Waals surface area contributed by atoms with E-state index in [4.69, 9.17) is 0 Å². The number of aromatic nitrogens is 2. The Balaban J connectivity index is 1.95. The summed E-state index contributed by atoms with van der Waals surface area (Å²) in [7, 11) is 1.84. The second-order valence-electron chi connectivity index (χ2n) is 5.37. The maximum Gasteiger partial charge on any atom is 0.274 e. The van der Waals surface area contributed by atoms with Gasteiger partial charge in [0.15, 0.2) is 5.69 Å². The number of hydrogen-bond acceptors (Lipinski definition) is 4. The van der Waals surface area contributed by atoms with Gasteiger partial charge in [-0.2, -0.15) is 5.10 Å². The number of nitrogens with zero attached hydrogens (tertiary/aromatic N) is 4. The van der Waals surface area contributed by atoms with Crippen molar-refractivity contribution >= 4 is 5.91 Å². The van der Waals surface area contributed by atoms with E-state index in [2.05, 4.69) is 16.9 Å². The van der Waals surface area contributed by atoms with Crippen LogP contribution in [0.15, 0.2) is 6.07 Å². The maximum atomic E-state index is 12.4. The molecule has 1 saturated heterocycles. The average molecular weight is 280 g/mol. The van der Waals surface area contributed by atoms with Crippen LogP contribution in [0.3, 0.4) is 0 Å². The third kappa shape index (κ3) is 3.02. The molecule has 1 aliphatic heterocycles. The first-order chi connectivity index (χ1) is 9.56. The van der Waals surface area contributed by atoms with Crippen LogP contribution in [0.5, 0.6) is 0 Å². The molecule has 112 valence electrons. The van der Waals surface area contributed by atoms with Crippen LogP contribution in [0.4, 0.5) is 0 Å². The molecular formula is C14H24N4O2. The Bertz CT molecular complexity index is 440. The van der Waals surface area contributed by atoms with Gasteiger partial charge in [-0.3, -0.25) is 14.4 Å². The fraction of sp³-hybridized carbons (Fsp3) is 0.714. The first-order valence-electron chi connectivity index (χ1n) is 7.21. The van der Waals surface area contributed by atoms with Gasteiger partial charge >= 0.3 is 0 Å². The van der Waals surface area contributed by atoms with E-state index in [-0.39, 0.29) is 18.6 Å². The van der Waals surface area contributed by atoms with Gasteiger partial charge in [-0.05, 0) is 19.4 Å². The minimum absolute atomic E-state index is 0.00500. The van der Waals surface area contributed by atoms with E-state index >= 15 is 0 Å². The van der Waals surface area contributed by atoms with Crippen LogP contribution in [0.2, 0.25) is 0 Å². The Morgan fingerprint density at radius 3 is 2.50 bits per heavy atom. The molecule has 1 amide bonds. The molecule has 1 fully saturated rings. The first kappa shape index (κ1) is 15.0. The zero-order valence-electron chi connectivity index (χ0n) is 12.5. The van der Waals surface area contributed by atoms with Crippen molar-refractivity contribution < 1.29 is 9.90 Å². The van der Waals surface area contributed by atoms with Gasteiger partial charge in [0.2, 0.25) is 0 Å². The molecule has 1 unspecified atom stereocenters. The highest BCUT2D eigenvalue weighted by molar-refractivity contribution is 5.92. The van der Waals surface area contributed by atoms with E-state index < -0.39 is 0 Å². The number of aryl methyl sites for hydroxylation is 2. The summed E-state index contributed by atoms with van der Waals surface area (Å²) in [5, 5.41) is 13.6. The zero-order valence-corrected chi connectivity index (χ0v) is 12.5. The van der Waals surface area contributed by atoms with Gasteiger partial charge in [0.05, 0.1) is 6.61 Å². The molecular weight excluding hydrogens is 256 g/mol. The van der Waals surface area contributed by atoms with Crippen molar-refractivity contribution in [1.29, 1.82) is 0 Å². The van der Waals surface area contributed by atoms with Gasteiger partial charge in [-0.1, -0.05) is 6.92 Å². The molecule has 6 heteroatoms. The molecule has 20 heavy (non-hydrogen) atoms. The molecule has 1 N–H and O–H groups in total. The highest BCUT2D eigenvalue weighted by Gasteiger charge is 2.26. The standard InChI is InChI=1S/C14H24N4O2/c1-4-12(10-19)17-5-7-18(8-6-17)14(20)13-9-11(2)16(3)15-13/h9,12,19H,4-8,10H2,1-3H3. The van der Waals surface area contributed by atoms with E-state index in [0.29, 0.717) is 18.8 Å². The van der Waals surface area contributed by atoms with Gasteiger partial charge in [0.1, 0.15) is 0 Å². The first-order valence-corrected chi connectivity index (χ1v) is 7.21. The SMILES string of the molecule is CCC(CO)N1CCN(C(=O)c2cc(C)n(C)n2)CC1. The van der Waals surface area contributed by atoms with Crippen LogP contribution in [0.25, 0.3) is 0 Å².